The van der Waals surface area contributed by atoms with E-state index in [2.05, 4.69) is 4.98 Å². The molecule has 3 heterocycles. The highest BCUT2D eigenvalue weighted by atomic mass is 32.2. The maximum absolute atomic E-state index is 13.0. The van der Waals surface area contributed by atoms with E-state index in [1.807, 2.05) is 49.1 Å². The quantitative estimate of drug-likeness (QED) is 0.805. The van der Waals surface area contributed by atoms with Gasteiger partial charge in [-0.2, -0.15) is 0 Å². The summed E-state index contributed by atoms with van der Waals surface area (Å²) in [5, 5.41) is 0. The summed E-state index contributed by atoms with van der Waals surface area (Å²) in [6.07, 6.45) is 3.47. The lowest BCUT2D eigenvalue weighted by Crippen LogP contribution is -2.61. The van der Waals surface area contributed by atoms with E-state index in [4.69, 9.17) is 0 Å². The van der Waals surface area contributed by atoms with Crippen molar-refractivity contribution in [3.63, 3.8) is 0 Å². The summed E-state index contributed by atoms with van der Waals surface area (Å²) in [7, 11) is -3.19. The number of fused-ring (bicyclic) bond motifs is 1. The lowest BCUT2D eigenvalue weighted by atomic mass is 10.0. The van der Waals surface area contributed by atoms with Crippen molar-refractivity contribution in [1.29, 1.82) is 0 Å². The molecule has 2 aliphatic rings. The van der Waals surface area contributed by atoms with Gasteiger partial charge in [-0.15, -0.1) is 0 Å². The topological polar surface area (TPSA) is 70.6 Å². The standard InChI is InChI=1S/C20H23N3O3S/c1-14-5-6-17(8-15(14)2)23-19-13-27(25,26)12-18(19)22(11-20(23)24)10-16-4-3-7-21-9-16/h3-9,18-19H,10-13H2,1-2H3/t18-,19+/m0/s1. The first kappa shape index (κ1) is 18.1. The molecule has 4 rings (SSSR count). The smallest absolute Gasteiger partial charge is 0.241 e. The van der Waals surface area contributed by atoms with Crippen molar-refractivity contribution in [2.24, 2.45) is 0 Å². The van der Waals surface area contributed by atoms with Crippen molar-refractivity contribution < 1.29 is 13.2 Å². The van der Waals surface area contributed by atoms with Crippen LogP contribution in [0.25, 0.3) is 0 Å². The Bertz CT molecular complexity index is 975. The molecular weight excluding hydrogens is 362 g/mol. The van der Waals surface area contributed by atoms with Crippen LogP contribution in [0.1, 0.15) is 16.7 Å². The first-order valence-corrected chi connectivity index (χ1v) is 10.9. The van der Waals surface area contributed by atoms with Gasteiger partial charge in [0.25, 0.3) is 0 Å². The number of aryl methyl sites for hydroxylation is 2. The van der Waals surface area contributed by atoms with Crippen LogP contribution in [0, 0.1) is 13.8 Å². The van der Waals surface area contributed by atoms with E-state index in [1.54, 1.807) is 17.3 Å². The molecule has 7 heteroatoms. The van der Waals surface area contributed by atoms with E-state index in [9.17, 15) is 13.2 Å². The summed E-state index contributed by atoms with van der Waals surface area (Å²) in [4.78, 5) is 20.8. The van der Waals surface area contributed by atoms with Crippen LogP contribution in [0.2, 0.25) is 0 Å². The Morgan fingerprint density at radius 2 is 1.89 bits per heavy atom. The molecule has 142 valence electrons. The molecule has 0 bridgehead atoms. The lowest BCUT2D eigenvalue weighted by molar-refractivity contribution is -0.123. The fourth-order valence-corrected chi connectivity index (χ4v) is 6.05. The highest BCUT2D eigenvalue weighted by molar-refractivity contribution is 7.91. The number of carbonyl (C=O) groups is 1. The van der Waals surface area contributed by atoms with Gasteiger partial charge in [0.15, 0.2) is 9.84 Å². The molecule has 2 aliphatic heterocycles. The Kier molecular flexibility index (Phi) is 4.52. The maximum atomic E-state index is 13.0. The van der Waals surface area contributed by atoms with Crippen LogP contribution in [0.3, 0.4) is 0 Å². The van der Waals surface area contributed by atoms with Crippen LogP contribution in [0.15, 0.2) is 42.7 Å². The van der Waals surface area contributed by atoms with Gasteiger partial charge in [-0.25, -0.2) is 8.42 Å². The van der Waals surface area contributed by atoms with Gasteiger partial charge in [0.1, 0.15) is 0 Å². The number of amides is 1. The number of hydrogen-bond acceptors (Lipinski definition) is 5. The van der Waals surface area contributed by atoms with E-state index in [0.717, 1.165) is 22.4 Å². The zero-order valence-electron chi connectivity index (χ0n) is 15.5. The molecule has 0 spiro atoms. The average Bonchev–Trinajstić information content (AvgIpc) is 2.94. The number of nitrogens with zero attached hydrogens (tertiary/aromatic N) is 3. The van der Waals surface area contributed by atoms with Gasteiger partial charge in [0, 0.05) is 30.7 Å². The van der Waals surface area contributed by atoms with E-state index >= 15 is 0 Å². The van der Waals surface area contributed by atoms with Crippen LogP contribution in [0.4, 0.5) is 5.69 Å². The maximum Gasteiger partial charge on any atom is 0.241 e. The molecule has 0 N–H and O–H groups in total. The molecule has 6 nitrogen and oxygen atoms in total. The van der Waals surface area contributed by atoms with Gasteiger partial charge >= 0.3 is 0 Å². The van der Waals surface area contributed by atoms with E-state index in [-0.39, 0.29) is 36.0 Å². The van der Waals surface area contributed by atoms with E-state index in [0.29, 0.717) is 6.54 Å². The number of carbonyl (C=O) groups excluding carboxylic acids is 1. The van der Waals surface area contributed by atoms with E-state index < -0.39 is 9.84 Å². The van der Waals surface area contributed by atoms with Crippen LogP contribution in [0.5, 0.6) is 0 Å². The number of rotatable bonds is 3. The Morgan fingerprint density at radius 1 is 1.11 bits per heavy atom. The minimum absolute atomic E-state index is 0.0138. The predicted octanol–water partition coefficient (Wildman–Crippen LogP) is 1.71. The molecule has 1 aromatic heterocycles. The molecule has 2 aromatic rings. The van der Waals surface area contributed by atoms with Gasteiger partial charge in [-0.3, -0.25) is 14.7 Å². The number of sulfone groups is 1. The van der Waals surface area contributed by atoms with Crippen LogP contribution >= 0.6 is 0 Å². The Morgan fingerprint density at radius 3 is 2.59 bits per heavy atom. The summed E-state index contributed by atoms with van der Waals surface area (Å²) in [6.45, 7) is 4.76. The Hall–Kier alpha value is -2.25. The van der Waals surface area contributed by atoms with Crippen LogP contribution in [-0.2, 0) is 21.2 Å². The number of pyridine rings is 1. The first-order valence-electron chi connectivity index (χ1n) is 9.07. The second kappa shape index (κ2) is 6.73. The Balaban J connectivity index is 1.68. The third kappa shape index (κ3) is 3.49. The molecule has 0 aliphatic carbocycles. The number of anilines is 1. The number of piperazine rings is 1. The molecule has 1 aromatic carbocycles. The van der Waals surface area contributed by atoms with Crippen molar-refractivity contribution in [3.05, 3.63) is 59.4 Å². The largest absolute Gasteiger partial charge is 0.306 e. The molecule has 2 atom stereocenters. The normalized spacial score (nSPS) is 24.8. The van der Waals surface area contributed by atoms with Gasteiger partial charge in [0.2, 0.25) is 5.91 Å². The van der Waals surface area contributed by atoms with Gasteiger partial charge < -0.3 is 4.90 Å². The SMILES string of the molecule is Cc1ccc(N2C(=O)CN(Cc3cccnc3)[C@H]3CS(=O)(=O)C[C@H]32)cc1C. The van der Waals surface area contributed by atoms with Crippen LogP contribution in [-0.4, -0.2) is 54.3 Å². The van der Waals surface area contributed by atoms with Gasteiger partial charge in [0.05, 0.1) is 24.1 Å². The van der Waals surface area contributed by atoms with Crippen molar-refractivity contribution in [3.8, 4) is 0 Å². The minimum Gasteiger partial charge on any atom is -0.306 e. The van der Waals surface area contributed by atoms with E-state index in [1.165, 1.54) is 0 Å². The van der Waals surface area contributed by atoms with Crippen molar-refractivity contribution in [2.45, 2.75) is 32.5 Å². The first-order chi connectivity index (χ1) is 12.8. The third-order valence-corrected chi connectivity index (χ3v) is 7.28. The van der Waals surface area contributed by atoms with Gasteiger partial charge in [-0.1, -0.05) is 12.1 Å². The number of hydrogen-bond donors (Lipinski definition) is 0. The molecular formula is C20H23N3O3S. The molecule has 0 unspecified atom stereocenters. The molecule has 0 radical (unpaired) electrons. The molecule has 2 saturated heterocycles. The lowest BCUT2D eigenvalue weighted by Gasteiger charge is -2.43. The summed E-state index contributed by atoms with van der Waals surface area (Å²) < 4.78 is 24.8. The second-order valence-corrected chi connectivity index (χ2v) is 9.66. The second-order valence-electron chi connectivity index (χ2n) is 7.51. The number of aromatic nitrogens is 1. The molecule has 27 heavy (non-hydrogen) atoms. The molecule has 1 amide bonds. The zero-order valence-corrected chi connectivity index (χ0v) is 16.3. The highest BCUT2D eigenvalue weighted by Crippen LogP contribution is 2.33. The van der Waals surface area contributed by atoms with Gasteiger partial charge in [-0.05, 0) is 48.7 Å². The fraction of sp³-hybridized carbons (Fsp3) is 0.400. The third-order valence-electron chi connectivity index (χ3n) is 5.58. The van der Waals surface area contributed by atoms with Crippen molar-refractivity contribution in [1.82, 2.24) is 9.88 Å². The molecule has 2 fully saturated rings. The highest BCUT2D eigenvalue weighted by Gasteiger charge is 2.49. The Labute approximate surface area is 159 Å². The summed E-state index contributed by atoms with van der Waals surface area (Å²) in [6, 6.07) is 9.13. The van der Waals surface area contributed by atoms with Crippen molar-refractivity contribution in [2.75, 3.05) is 23.0 Å². The summed E-state index contributed by atoms with van der Waals surface area (Å²) >= 11 is 0. The predicted molar refractivity (Wildman–Crippen MR) is 104 cm³/mol. The zero-order chi connectivity index (χ0) is 19.2. The molecule has 0 saturated carbocycles. The summed E-state index contributed by atoms with van der Waals surface area (Å²) in [5.41, 5.74) is 4.01. The minimum atomic E-state index is -3.19. The summed E-state index contributed by atoms with van der Waals surface area (Å²) in [5.74, 6) is 0.0485. The number of benzene rings is 1. The average molecular weight is 385 g/mol. The van der Waals surface area contributed by atoms with Crippen molar-refractivity contribution >= 4 is 21.4 Å². The van der Waals surface area contributed by atoms with Crippen LogP contribution < -0.4 is 4.90 Å². The fourth-order valence-electron chi connectivity index (χ4n) is 4.07. The monoisotopic (exact) mass is 385 g/mol.